The number of hydrogen-bond donors (Lipinski definition) is 2. The van der Waals surface area contributed by atoms with Crippen LogP contribution >= 0.6 is 23.2 Å². The molecule has 32 heavy (non-hydrogen) atoms. The number of amides is 2. The molecule has 4 aromatic carbocycles. The van der Waals surface area contributed by atoms with E-state index in [9.17, 15) is 4.79 Å². The third-order valence-corrected chi connectivity index (χ3v) is 4.83. The van der Waals surface area contributed by atoms with Crippen molar-refractivity contribution >= 4 is 40.6 Å². The molecule has 0 saturated carbocycles. The molecule has 0 aliphatic heterocycles. The molecule has 2 amide bonds. The number of carbonyl (C=O) groups is 1. The lowest BCUT2D eigenvalue weighted by Gasteiger charge is -2.10. The second-order valence-corrected chi connectivity index (χ2v) is 7.61. The third kappa shape index (κ3) is 6.17. The minimum Gasteiger partial charge on any atom is -0.457 e. The van der Waals surface area contributed by atoms with Gasteiger partial charge in [-0.25, -0.2) is 4.79 Å². The van der Waals surface area contributed by atoms with Gasteiger partial charge in [0.1, 0.15) is 23.0 Å². The van der Waals surface area contributed by atoms with Gasteiger partial charge in [0.15, 0.2) is 0 Å². The number of carbonyl (C=O) groups excluding carboxylic acids is 1. The first-order valence-corrected chi connectivity index (χ1v) is 10.4. The molecule has 0 fully saturated rings. The number of nitrogens with one attached hydrogen (secondary N) is 2. The summed E-state index contributed by atoms with van der Waals surface area (Å²) in [7, 11) is 0. The molecule has 0 unspecified atom stereocenters. The van der Waals surface area contributed by atoms with E-state index in [4.69, 9.17) is 32.7 Å². The summed E-state index contributed by atoms with van der Waals surface area (Å²) in [6.45, 7) is 0. The molecule has 0 bridgehead atoms. The fourth-order valence-electron chi connectivity index (χ4n) is 2.78. The lowest BCUT2D eigenvalue weighted by Crippen LogP contribution is -2.19. The van der Waals surface area contributed by atoms with Crippen LogP contribution in [0.1, 0.15) is 0 Å². The standard InChI is InChI=1S/C25H18Cl2N2O3/c26-17-1-9-21(10-2-17)31-23-13-5-19(6-14-23)28-25(30)29-20-7-15-24(16-8-20)32-22-11-3-18(27)4-12-22/h1-16H,(H2,28,29,30). The molecule has 2 N–H and O–H groups in total. The Hall–Kier alpha value is -3.67. The highest BCUT2D eigenvalue weighted by molar-refractivity contribution is 6.30. The zero-order valence-corrected chi connectivity index (χ0v) is 18.2. The van der Waals surface area contributed by atoms with Crippen LogP contribution < -0.4 is 20.1 Å². The van der Waals surface area contributed by atoms with Crippen LogP contribution in [0.3, 0.4) is 0 Å². The van der Waals surface area contributed by atoms with Gasteiger partial charge in [-0.2, -0.15) is 0 Å². The van der Waals surface area contributed by atoms with E-state index < -0.39 is 0 Å². The number of ether oxygens (including phenoxy) is 2. The lowest BCUT2D eigenvalue weighted by atomic mass is 10.3. The zero-order chi connectivity index (χ0) is 22.3. The molecule has 0 aliphatic carbocycles. The van der Waals surface area contributed by atoms with Gasteiger partial charge in [0, 0.05) is 21.4 Å². The van der Waals surface area contributed by atoms with E-state index in [-0.39, 0.29) is 6.03 Å². The number of rotatable bonds is 6. The van der Waals surface area contributed by atoms with Gasteiger partial charge in [-0.15, -0.1) is 0 Å². The van der Waals surface area contributed by atoms with Crippen molar-refractivity contribution in [2.45, 2.75) is 0 Å². The molecule has 4 aromatic rings. The van der Waals surface area contributed by atoms with Gasteiger partial charge in [0.2, 0.25) is 0 Å². The molecule has 0 heterocycles. The second-order valence-electron chi connectivity index (χ2n) is 6.74. The first kappa shape index (κ1) is 21.6. The van der Waals surface area contributed by atoms with Gasteiger partial charge < -0.3 is 20.1 Å². The quantitative estimate of drug-likeness (QED) is 0.302. The molecule has 0 aliphatic rings. The minimum atomic E-state index is -0.359. The summed E-state index contributed by atoms with van der Waals surface area (Å²) in [6.07, 6.45) is 0. The van der Waals surface area contributed by atoms with Crippen LogP contribution in [-0.4, -0.2) is 6.03 Å². The van der Waals surface area contributed by atoms with E-state index in [1.807, 2.05) is 0 Å². The predicted octanol–water partition coefficient (Wildman–Crippen LogP) is 8.22. The Morgan fingerprint density at radius 1 is 0.500 bits per heavy atom. The van der Waals surface area contributed by atoms with Crippen molar-refractivity contribution in [3.8, 4) is 23.0 Å². The highest BCUT2D eigenvalue weighted by Crippen LogP contribution is 2.26. The predicted molar refractivity (Wildman–Crippen MR) is 129 cm³/mol. The summed E-state index contributed by atoms with van der Waals surface area (Å²) < 4.78 is 11.5. The Morgan fingerprint density at radius 3 is 1.09 bits per heavy atom. The van der Waals surface area contributed by atoms with E-state index in [1.54, 1.807) is 97.1 Å². The van der Waals surface area contributed by atoms with Crippen LogP contribution in [0.15, 0.2) is 97.1 Å². The second kappa shape index (κ2) is 10.1. The number of urea groups is 1. The molecule has 0 aromatic heterocycles. The lowest BCUT2D eigenvalue weighted by molar-refractivity contribution is 0.262. The van der Waals surface area contributed by atoms with Crippen molar-refractivity contribution in [2.24, 2.45) is 0 Å². The number of anilines is 2. The Kier molecular flexibility index (Phi) is 6.80. The maximum absolute atomic E-state index is 12.3. The Morgan fingerprint density at radius 2 is 0.781 bits per heavy atom. The molecule has 7 heteroatoms. The Labute approximate surface area is 195 Å². The smallest absolute Gasteiger partial charge is 0.323 e. The molecule has 0 saturated heterocycles. The minimum absolute atomic E-state index is 0.359. The summed E-state index contributed by atoms with van der Waals surface area (Å²) in [5.74, 6) is 2.65. The van der Waals surface area contributed by atoms with E-state index in [1.165, 1.54) is 0 Å². The average molecular weight is 465 g/mol. The number of hydrogen-bond acceptors (Lipinski definition) is 3. The summed E-state index contributed by atoms with van der Waals surface area (Å²) in [4.78, 5) is 12.3. The van der Waals surface area contributed by atoms with Crippen molar-refractivity contribution in [3.05, 3.63) is 107 Å². The van der Waals surface area contributed by atoms with Gasteiger partial charge in [-0.05, 0) is 97.1 Å². The maximum Gasteiger partial charge on any atom is 0.323 e. The summed E-state index contributed by atoms with van der Waals surface area (Å²) >= 11 is 11.8. The number of halogens is 2. The molecule has 0 radical (unpaired) electrons. The topological polar surface area (TPSA) is 59.6 Å². The zero-order valence-electron chi connectivity index (χ0n) is 16.7. The van der Waals surface area contributed by atoms with E-state index in [0.717, 1.165) is 0 Å². The summed E-state index contributed by atoms with van der Waals surface area (Å²) in [6, 6.07) is 27.9. The Balaban J connectivity index is 1.29. The summed E-state index contributed by atoms with van der Waals surface area (Å²) in [5, 5.41) is 6.85. The highest BCUT2D eigenvalue weighted by Gasteiger charge is 2.05. The molecular weight excluding hydrogens is 447 g/mol. The molecular formula is C25H18Cl2N2O3. The third-order valence-electron chi connectivity index (χ3n) is 4.32. The van der Waals surface area contributed by atoms with Crippen LogP contribution in [0.2, 0.25) is 10.0 Å². The van der Waals surface area contributed by atoms with E-state index >= 15 is 0 Å². The van der Waals surface area contributed by atoms with Gasteiger partial charge in [-0.3, -0.25) is 0 Å². The van der Waals surface area contributed by atoms with Gasteiger partial charge >= 0.3 is 6.03 Å². The van der Waals surface area contributed by atoms with Crippen LogP contribution in [0.25, 0.3) is 0 Å². The van der Waals surface area contributed by atoms with Crippen LogP contribution in [-0.2, 0) is 0 Å². The van der Waals surface area contributed by atoms with Crippen molar-refractivity contribution < 1.29 is 14.3 Å². The average Bonchev–Trinajstić information content (AvgIpc) is 2.79. The monoisotopic (exact) mass is 464 g/mol. The molecule has 5 nitrogen and oxygen atoms in total. The van der Waals surface area contributed by atoms with Crippen molar-refractivity contribution in [1.29, 1.82) is 0 Å². The fraction of sp³-hybridized carbons (Fsp3) is 0. The van der Waals surface area contributed by atoms with E-state index in [0.29, 0.717) is 44.4 Å². The largest absolute Gasteiger partial charge is 0.457 e. The van der Waals surface area contributed by atoms with E-state index in [2.05, 4.69) is 10.6 Å². The first-order chi connectivity index (χ1) is 15.5. The van der Waals surface area contributed by atoms with Crippen molar-refractivity contribution in [2.75, 3.05) is 10.6 Å². The summed E-state index contributed by atoms with van der Waals surface area (Å²) in [5.41, 5.74) is 1.27. The number of benzene rings is 4. The Bertz CT molecular complexity index is 1080. The SMILES string of the molecule is O=C(Nc1ccc(Oc2ccc(Cl)cc2)cc1)Nc1ccc(Oc2ccc(Cl)cc2)cc1. The highest BCUT2D eigenvalue weighted by atomic mass is 35.5. The molecule has 4 rings (SSSR count). The van der Waals surface area contributed by atoms with Crippen LogP contribution in [0, 0.1) is 0 Å². The molecule has 0 spiro atoms. The molecule has 0 atom stereocenters. The van der Waals surface area contributed by atoms with Gasteiger partial charge in [-0.1, -0.05) is 23.2 Å². The van der Waals surface area contributed by atoms with Crippen LogP contribution in [0.5, 0.6) is 23.0 Å². The molecule has 160 valence electrons. The van der Waals surface area contributed by atoms with Crippen LogP contribution in [0.4, 0.5) is 16.2 Å². The normalized spacial score (nSPS) is 10.3. The van der Waals surface area contributed by atoms with Gasteiger partial charge in [0.05, 0.1) is 0 Å². The van der Waals surface area contributed by atoms with Gasteiger partial charge in [0.25, 0.3) is 0 Å². The first-order valence-electron chi connectivity index (χ1n) is 9.68. The maximum atomic E-state index is 12.3. The van der Waals surface area contributed by atoms with Crippen molar-refractivity contribution in [1.82, 2.24) is 0 Å². The van der Waals surface area contributed by atoms with Crippen molar-refractivity contribution in [3.63, 3.8) is 0 Å². The fourth-order valence-corrected chi connectivity index (χ4v) is 3.04.